The smallest absolute Gasteiger partial charge is 0.143 e. The number of benzene rings is 8. The molecule has 1 heterocycles. The summed E-state index contributed by atoms with van der Waals surface area (Å²) < 4.78 is 6.92. The Morgan fingerprint density at radius 1 is 0.392 bits per heavy atom. The summed E-state index contributed by atoms with van der Waals surface area (Å²) in [5, 5.41) is 4.56. The molecule has 0 aliphatic heterocycles. The van der Waals surface area contributed by atoms with E-state index in [0.717, 1.165) is 55.5 Å². The third-order valence-electron chi connectivity index (χ3n) is 10.9. The van der Waals surface area contributed by atoms with Crippen LogP contribution in [0.1, 0.15) is 25.0 Å². The van der Waals surface area contributed by atoms with Gasteiger partial charge in [0.2, 0.25) is 0 Å². The predicted octanol–water partition coefficient (Wildman–Crippen LogP) is 13.8. The van der Waals surface area contributed by atoms with Gasteiger partial charge in [0.1, 0.15) is 11.2 Å². The molecule has 242 valence electrons. The highest BCUT2D eigenvalue weighted by atomic mass is 16.3. The quantitative estimate of drug-likeness (QED) is 0.184. The zero-order valence-electron chi connectivity index (χ0n) is 28.6. The molecule has 0 spiro atoms. The lowest BCUT2D eigenvalue weighted by Crippen LogP contribution is -2.16. The first-order chi connectivity index (χ1) is 25.1. The number of rotatable bonds is 5. The minimum atomic E-state index is -0.130. The molecule has 0 bridgehead atoms. The molecule has 9 aromatic rings. The van der Waals surface area contributed by atoms with Crippen LogP contribution in [-0.4, -0.2) is 0 Å². The lowest BCUT2D eigenvalue weighted by Gasteiger charge is -2.32. The molecule has 0 N–H and O–H groups in total. The molecular formula is C49H35NO. The van der Waals surface area contributed by atoms with E-state index in [-0.39, 0.29) is 5.41 Å². The molecule has 0 amide bonds. The Morgan fingerprint density at radius 3 is 1.80 bits per heavy atom. The van der Waals surface area contributed by atoms with E-state index in [4.69, 9.17) is 4.42 Å². The van der Waals surface area contributed by atoms with Gasteiger partial charge >= 0.3 is 0 Å². The zero-order valence-corrected chi connectivity index (χ0v) is 28.6. The molecule has 0 saturated heterocycles. The topological polar surface area (TPSA) is 16.4 Å². The fourth-order valence-electron chi connectivity index (χ4n) is 8.48. The van der Waals surface area contributed by atoms with Gasteiger partial charge in [-0.2, -0.15) is 0 Å². The third-order valence-corrected chi connectivity index (χ3v) is 10.9. The number of furan rings is 1. The summed E-state index contributed by atoms with van der Waals surface area (Å²) in [6.45, 7) is 4.70. The van der Waals surface area contributed by atoms with Crippen molar-refractivity contribution in [3.8, 4) is 33.4 Å². The molecule has 2 heteroatoms. The van der Waals surface area contributed by atoms with E-state index < -0.39 is 0 Å². The fourth-order valence-corrected chi connectivity index (χ4v) is 8.48. The van der Waals surface area contributed by atoms with E-state index in [9.17, 15) is 0 Å². The molecule has 1 aromatic heterocycles. The van der Waals surface area contributed by atoms with Crippen molar-refractivity contribution in [2.24, 2.45) is 0 Å². The van der Waals surface area contributed by atoms with Gasteiger partial charge in [-0.25, -0.2) is 0 Å². The SMILES string of the molecule is CC1(C)c2ccccc2-c2c(N(c3ccccc3-c3ccccc3)c3ccccc3-c3cccc4c3oc3c5ccccc5ccc43)cccc21. The summed E-state index contributed by atoms with van der Waals surface area (Å²) in [6, 6.07) is 63.5. The van der Waals surface area contributed by atoms with Gasteiger partial charge in [0, 0.05) is 43.8 Å². The normalized spacial score (nSPS) is 13.1. The van der Waals surface area contributed by atoms with Crippen molar-refractivity contribution in [1.29, 1.82) is 0 Å². The van der Waals surface area contributed by atoms with Crippen molar-refractivity contribution >= 4 is 49.8 Å². The summed E-state index contributed by atoms with van der Waals surface area (Å²) >= 11 is 0. The standard InChI is InChI=1S/C49H35NO/c1-49(2)41-25-11-8-22-40(41)46-42(49)26-15-29-45(46)50(43-27-12-9-19-34(43)32-16-4-3-5-17-32)44-28-13-10-21-36(44)37-23-14-24-38-39-31-30-33-18-6-7-20-35(33)47(39)51-48(37)38/h3-31H,1-2H3. The molecule has 8 aromatic carbocycles. The number of nitrogens with zero attached hydrogens (tertiary/aromatic N) is 1. The van der Waals surface area contributed by atoms with Crippen LogP contribution in [0.25, 0.3) is 66.1 Å². The van der Waals surface area contributed by atoms with Crippen molar-refractivity contribution < 1.29 is 4.42 Å². The second-order valence-electron chi connectivity index (χ2n) is 14.1. The first-order valence-electron chi connectivity index (χ1n) is 17.7. The van der Waals surface area contributed by atoms with Crippen LogP contribution in [0.4, 0.5) is 17.1 Å². The Morgan fingerprint density at radius 2 is 0.961 bits per heavy atom. The largest absolute Gasteiger partial charge is 0.455 e. The molecule has 10 rings (SSSR count). The van der Waals surface area contributed by atoms with E-state index in [1.165, 1.54) is 38.8 Å². The minimum Gasteiger partial charge on any atom is -0.455 e. The molecular weight excluding hydrogens is 619 g/mol. The van der Waals surface area contributed by atoms with E-state index in [2.05, 4.69) is 195 Å². The summed E-state index contributed by atoms with van der Waals surface area (Å²) in [6.07, 6.45) is 0. The van der Waals surface area contributed by atoms with Gasteiger partial charge in [-0.1, -0.05) is 166 Å². The number of para-hydroxylation sites is 3. The van der Waals surface area contributed by atoms with E-state index in [1.54, 1.807) is 0 Å². The third kappa shape index (κ3) is 4.43. The highest BCUT2D eigenvalue weighted by Crippen LogP contribution is 2.56. The number of anilines is 3. The van der Waals surface area contributed by atoms with E-state index in [0.29, 0.717) is 0 Å². The second-order valence-corrected chi connectivity index (χ2v) is 14.1. The maximum Gasteiger partial charge on any atom is 0.143 e. The van der Waals surface area contributed by atoms with Crippen LogP contribution in [0.5, 0.6) is 0 Å². The van der Waals surface area contributed by atoms with Crippen molar-refractivity contribution in [1.82, 2.24) is 0 Å². The van der Waals surface area contributed by atoms with E-state index >= 15 is 0 Å². The van der Waals surface area contributed by atoms with Gasteiger partial charge in [0.15, 0.2) is 0 Å². The summed E-state index contributed by atoms with van der Waals surface area (Å²) in [4.78, 5) is 2.49. The average Bonchev–Trinajstić information content (AvgIpc) is 3.69. The van der Waals surface area contributed by atoms with Crippen LogP contribution in [0.3, 0.4) is 0 Å². The van der Waals surface area contributed by atoms with Crippen LogP contribution in [0.15, 0.2) is 180 Å². The summed E-state index contributed by atoms with van der Waals surface area (Å²) in [7, 11) is 0. The Kier molecular flexibility index (Phi) is 6.56. The Hall–Kier alpha value is -6.38. The van der Waals surface area contributed by atoms with Gasteiger partial charge in [0.25, 0.3) is 0 Å². The van der Waals surface area contributed by atoms with Crippen LogP contribution in [0.2, 0.25) is 0 Å². The van der Waals surface area contributed by atoms with Crippen molar-refractivity contribution in [2.45, 2.75) is 19.3 Å². The molecule has 1 aliphatic carbocycles. The first kappa shape index (κ1) is 29.5. The van der Waals surface area contributed by atoms with Crippen molar-refractivity contribution in [3.63, 3.8) is 0 Å². The molecule has 0 fully saturated rings. The summed E-state index contributed by atoms with van der Waals surface area (Å²) in [5.74, 6) is 0. The predicted molar refractivity (Wildman–Crippen MR) is 214 cm³/mol. The van der Waals surface area contributed by atoms with Gasteiger partial charge < -0.3 is 9.32 Å². The highest BCUT2D eigenvalue weighted by molar-refractivity contribution is 6.18. The van der Waals surface area contributed by atoms with Crippen molar-refractivity contribution in [2.75, 3.05) is 4.90 Å². The molecule has 0 atom stereocenters. The van der Waals surface area contributed by atoms with Crippen LogP contribution >= 0.6 is 0 Å². The monoisotopic (exact) mass is 653 g/mol. The lowest BCUT2D eigenvalue weighted by molar-refractivity contribution is 0.660. The Balaban J connectivity index is 1.29. The van der Waals surface area contributed by atoms with Crippen molar-refractivity contribution in [3.05, 3.63) is 187 Å². The first-order valence-corrected chi connectivity index (χ1v) is 17.7. The van der Waals surface area contributed by atoms with Gasteiger partial charge in [0.05, 0.1) is 17.1 Å². The van der Waals surface area contributed by atoms with Gasteiger partial charge in [-0.3, -0.25) is 0 Å². The summed E-state index contributed by atoms with van der Waals surface area (Å²) in [5.41, 5.74) is 14.9. The molecule has 51 heavy (non-hydrogen) atoms. The number of hydrogen-bond acceptors (Lipinski definition) is 2. The lowest BCUT2D eigenvalue weighted by atomic mass is 9.82. The molecule has 2 nitrogen and oxygen atoms in total. The molecule has 0 saturated carbocycles. The number of fused-ring (bicyclic) bond motifs is 8. The van der Waals surface area contributed by atoms with Gasteiger partial charge in [-0.15, -0.1) is 0 Å². The Bertz CT molecular complexity index is 2790. The minimum absolute atomic E-state index is 0.130. The average molecular weight is 654 g/mol. The molecule has 0 radical (unpaired) electrons. The second kappa shape index (κ2) is 11.3. The Labute approximate surface area is 297 Å². The molecule has 0 unspecified atom stereocenters. The maximum atomic E-state index is 6.92. The fraction of sp³-hybridized carbons (Fsp3) is 0.0612. The van der Waals surface area contributed by atoms with Crippen LogP contribution in [-0.2, 0) is 5.41 Å². The molecule has 1 aliphatic rings. The maximum absolute atomic E-state index is 6.92. The van der Waals surface area contributed by atoms with E-state index in [1.807, 2.05) is 0 Å². The highest BCUT2D eigenvalue weighted by Gasteiger charge is 2.38. The zero-order chi connectivity index (χ0) is 34.1. The number of hydrogen-bond donors (Lipinski definition) is 0. The van der Waals surface area contributed by atoms with Gasteiger partial charge in [-0.05, 0) is 51.9 Å². The van der Waals surface area contributed by atoms with Crippen LogP contribution < -0.4 is 4.90 Å². The van der Waals surface area contributed by atoms with Crippen LogP contribution in [0, 0.1) is 0 Å².